The van der Waals surface area contributed by atoms with E-state index in [4.69, 9.17) is 0 Å². The van der Waals surface area contributed by atoms with Crippen molar-refractivity contribution in [1.29, 1.82) is 0 Å². The van der Waals surface area contributed by atoms with E-state index in [1.807, 2.05) is 48.0 Å². The van der Waals surface area contributed by atoms with Gasteiger partial charge in [-0.1, -0.05) is 18.2 Å². The van der Waals surface area contributed by atoms with Gasteiger partial charge >= 0.3 is 0 Å². The number of aryl methyl sites for hydroxylation is 2. The van der Waals surface area contributed by atoms with Crippen LogP contribution in [0.1, 0.15) is 26.6 Å². The van der Waals surface area contributed by atoms with Crippen LogP contribution in [-0.4, -0.2) is 20.7 Å². The Morgan fingerprint density at radius 3 is 2.81 bits per heavy atom. The van der Waals surface area contributed by atoms with Gasteiger partial charge in [-0.25, -0.2) is 4.68 Å². The van der Waals surface area contributed by atoms with E-state index in [0.29, 0.717) is 11.4 Å². The molecule has 1 aromatic carbocycles. The Balaban J connectivity index is 1.63. The molecule has 130 valence electrons. The molecule has 26 heavy (non-hydrogen) atoms. The molecule has 3 heterocycles. The maximum atomic E-state index is 12.5. The lowest BCUT2D eigenvalue weighted by atomic mass is 10.2. The highest BCUT2D eigenvalue weighted by Crippen LogP contribution is 2.30. The van der Waals surface area contributed by atoms with Crippen molar-refractivity contribution in [3.05, 3.63) is 76.6 Å². The van der Waals surface area contributed by atoms with E-state index in [1.54, 1.807) is 6.20 Å². The molecule has 6 heteroatoms. The Bertz CT molecular complexity index is 1080. The van der Waals surface area contributed by atoms with Gasteiger partial charge in [0, 0.05) is 11.6 Å². The molecule has 0 unspecified atom stereocenters. The first-order valence-corrected chi connectivity index (χ1v) is 9.18. The molecule has 0 fully saturated rings. The summed E-state index contributed by atoms with van der Waals surface area (Å²) in [6, 6.07) is 15.8. The highest BCUT2D eigenvalue weighted by atomic mass is 32.1. The number of hydrogen-bond donors (Lipinski definition) is 1. The molecule has 4 rings (SSSR count). The van der Waals surface area contributed by atoms with Gasteiger partial charge in [-0.3, -0.25) is 9.78 Å². The number of amides is 1. The molecule has 1 amide bonds. The first kappa shape index (κ1) is 16.5. The van der Waals surface area contributed by atoms with Crippen molar-refractivity contribution in [2.45, 2.75) is 20.4 Å². The molecule has 0 atom stereocenters. The summed E-state index contributed by atoms with van der Waals surface area (Å²) in [7, 11) is 0. The molecule has 0 aliphatic heterocycles. The average Bonchev–Trinajstić information content (AvgIpc) is 3.21. The maximum Gasteiger partial charge on any atom is 0.261 e. The summed E-state index contributed by atoms with van der Waals surface area (Å²) in [5.41, 5.74) is 3.93. The minimum absolute atomic E-state index is 0.0907. The molecule has 0 saturated carbocycles. The summed E-state index contributed by atoms with van der Waals surface area (Å²) in [6.07, 6.45) is 1.72. The van der Waals surface area contributed by atoms with Crippen molar-refractivity contribution in [3.8, 4) is 5.69 Å². The van der Waals surface area contributed by atoms with Crippen LogP contribution in [0.5, 0.6) is 0 Å². The molecular formula is C20H18N4OS. The smallest absolute Gasteiger partial charge is 0.261 e. The topological polar surface area (TPSA) is 59.8 Å². The lowest BCUT2D eigenvalue weighted by Crippen LogP contribution is -2.22. The molecule has 0 spiro atoms. The van der Waals surface area contributed by atoms with Crippen LogP contribution in [0.2, 0.25) is 0 Å². The van der Waals surface area contributed by atoms with Gasteiger partial charge < -0.3 is 5.32 Å². The number of carbonyl (C=O) groups excluding carboxylic acids is 1. The summed E-state index contributed by atoms with van der Waals surface area (Å²) in [6.45, 7) is 4.44. The molecule has 3 aromatic heterocycles. The molecular weight excluding hydrogens is 344 g/mol. The number of benzene rings is 1. The minimum atomic E-state index is -0.0907. The molecule has 0 aliphatic rings. The summed E-state index contributed by atoms with van der Waals surface area (Å²) in [4.78, 5) is 18.4. The SMILES string of the molecule is Cc1cccc(-n2nc(C)c3cc(C(=O)NCc4ccccn4)sc32)c1. The lowest BCUT2D eigenvalue weighted by Gasteiger charge is -2.04. The van der Waals surface area contributed by atoms with Gasteiger partial charge in [0.05, 0.1) is 28.5 Å². The van der Waals surface area contributed by atoms with Gasteiger partial charge in [-0.2, -0.15) is 5.10 Å². The summed E-state index contributed by atoms with van der Waals surface area (Å²) >= 11 is 1.46. The fourth-order valence-corrected chi connectivity index (χ4v) is 3.95. The summed E-state index contributed by atoms with van der Waals surface area (Å²) in [5, 5.41) is 8.59. The highest BCUT2D eigenvalue weighted by Gasteiger charge is 2.17. The van der Waals surface area contributed by atoms with Crippen molar-refractivity contribution in [3.63, 3.8) is 0 Å². The summed E-state index contributed by atoms with van der Waals surface area (Å²) < 4.78 is 1.91. The molecule has 1 N–H and O–H groups in total. The Morgan fingerprint density at radius 1 is 1.15 bits per heavy atom. The highest BCUT2D eigenvalue weighted by molar-refractivity contribution is 7.20. The van der Waals surface area contributed by atoms with E-state index in [9.17, 15) is 4.79 Å². The van der Waals surface area contributed by atoms with Crippen molar-refractivity contribution in [2.24, 2.45) is 0 Å². The molecule has 0 saturated heterocycles. The number of rotatable bonds is 4. The number of pyridine rings is 1. The normalized spacial score (nSPS) is 11.0. The number of hydrogen-bond acceptors (Lipinski definition) is 4. The third kappa shape index (κ3) is 3.11. The van der Waals surface area contributed by atoms with E-state index in [-0.39, 0.29) is 5.91 Å². The largest absolute Gasteiger partial charge is 0.346 e. The van der Waals surface area contributed by atoms with E-state index in [2.05, 4.69) is 34.5 Å². The van der Waals surface area contributed by atoms with Crippen molar-refractivity contribution in [2.75, 3.05) is 0 Å². The second-order valence-corrected chi connectivity index (χ2v) is 7.20. The predicted molar refractivity (Wildman–Crippen MR) is 104 cm³/mol. The Morgan fingerprint density at radius 2 is 2.04 bits per heavy atom. The van der Waals surface area contributed by atoms with Crippen LogP contribution in [0.4, 0.5) is 0 Å². The Labute approximate surface area is 155 Å². The van der Waals surface area contributed by atoms with Crippen molar-refractivity contribution in [1.82, 2.24) is 20.1 Å². The van der Waals surface area contributed by atoms with Crippen LogP contribution < -0.4 is 5.32 Å². The average molecular weight is 362 g/mol. The van der Waals surface area contributed by atoms with E-state index < -0.39 is 0 Å². The predicted octanol–water partition coefficient (Wildman–Crippen LogP) is 4.03. The van der Waals surface area contributed by atoms with Crippen LogP contribution in [0.15, 0.2) is 54.7 Å². The number of aromatic nitrogens is 3. The summed E-state index contributed by atoms with van der Waals surface area (Å²) in [5.74, 6) is -0.0907. The Kier molecular flexibility index (Phi) is 4.26. The second-order valence-electron chi connectivity index (χ2n) is 6.17. The first-order chi connectivity index (χ1) is 12.6. The fourth-order valence-electron chi connectivity index (χ4n) is 2.85. The quantitative estimate of drug-likeness (QED) is 0.596. The number of carbonyl (C=O) groups is 1. The molecule has 0 bridgehead atoms. The molecule has 4 aromatic rings. The van der Waals surface area contributed by atoms with Crippen molar-refractivity contribution < 1.29 is 4.79 Å². The first-order valence-electron chi connectivity index (χ1n) is 8.36. The molecule has 0 radical (unpaired) electrons. The second kappa shape index (κ2) is 6.72. The van der Waals surface area contributed by atoms with Gasteiger partial charge in [0.25, 0.3) is 5.91 Å². The third-order valence-corrected chi connectivity index (χ3v) is 5.28. The minimum Gasteiger partial charge on any atom is -0.346 e. The van der Waals surface area contributed by atoms with Crippen molar-refractivity contribution >= 4 is 27.5 Å². The zero-order valence-electron chi connectivity index (χ0n) is 14.6. The lowest BCUT2D eigenvalue weighted by molar-refractivity contribution is 0.0954. The van der Waals surface area contributed by atoms with Gasteiger partial charge in [0.15, 0.2) is 0 Å². The van der Waals surface area contributed by atoms with E-state index in [0.717, 1.165) is 27.3 Å². The number of nitrogens with one attached hydrogen (secondary N) is 1. The van der Waals surface area contributed by atoms with Crippen LogP contribution in [-0.2, 0) is 6.54 Å². The van der Waals surface area contributed by atoms with Gasteiger partial charge in [-0.05, 0) is 49.7 Å². The van der Waals surface area contributed by atoms with Crippen LogP contribution in [0.3, 0.4) is 0 Å². The Hall–Kier alpha value is -2.99. The van der Waals surface area contributed by atoms with E-state index in [1.165, 1.54) is 16.9 Å². The monoisotopic (exact) mass is 362 g/mol. The van der Waals surface area contributed by atoms with Crippen LogP contribution in [0.25, 0.3) is 15.9 Å². The van der Waals surface area contributed by atoms with Gasteiger partial charge in [-0.15, -0.1) is 11.3 Å². The van der Waals surface area contributed by atoms with Crippen LogP contribution >= 0.6 is 11.3 Å². The zero-order valence-corrected chi connectivity index (χ0v) is 15.4. The standard InChI is InChI=1S/C20H18N4OS/c1-13-6-5-8-16(10-13)24-20-17(14(2)23-24)11-18(26-20)19(25)22-12-15-7-3-4-9-21-15/h3-11H,12H2,1-2H3,(H,22,25). The van der Waals surface area contributed by atoms with E-state index >= 15 is 0 Å². The fraction of sp³-hybridized carbons (Fsp3) is 0.150. The maximum absolute atomic E-state index is 12.5. The van der Waals surface area contributed by atoms with Gasteiger partial charge in [0.1, 0.15) is 4.83 Å². The zero-order chi connectivity index (χ0) is 18.1. The number of nitrogens with zero attached hydrogens (tertiary/aromatic N) is 3. The number of fused-ring (bicyclic) bond motifs is 1. The van der Waals surface area contributed by atoms with Crippen LogP contribution in [0, 0.1) is 13.8 Å². The molecule has 5 nitrogen and oxygen atoms in total. The van der Waals surface area contributed by atoms with Gasteiger partial charge in [0.2, 0.25) is 0 Å². The number of thiophene rings is 1. The molecule has 0 aliphatic carbocycles. The third-order valence-electron chi connectivity index (χ3n) is 4.17.